The van der Waals surface area contributed by atoms with Gasteiger partial charge in [-0.3, -0.25) is 0 Å². The van der Waals surface area contributed by atoms with E-state index in [2.05, 4.69) is 15.9 Å². The topological polar surface area (TPSA) is 35.5 Å². The highest BCUT2D eigenvalue weighted by Gasteiger charge is 2.00. The highest BCUT2D eigenvalue weighted by atomic mass is 79.9. The van der Waals surface area contributed by atoms with E-state index >= 15 is 0 Å². The Morgan fingerprint density at radius 1 is 1.05 bits per heavy atom. The summed E-state index contributed by atoms with van der Waals surface area (Å²) >= 11 is 3.33. The van der Waals surface area contributed by atoms with Crippen LogP contribution >= 0.6 is 15.9 Å². The Bertz CT molecular complexity index is 615. The number of hydrogen-bond acceptors (Lipinski definition) is 3. The smallest absolute Gasteiger partial charge is 0.336 e. The van der Waals surface area contributed by atoms with Gasteiger partial charge in [0.15, 0.2) is 0 Å². The van der Waals surface area contributed by atoms with Crippen LogP contribution in [0.5, 0.6) is 11.5 Å². The Labute approximate surface area is 132 Å². The average Bonchev–Trinajstić information content (AvgIpc) is 2.49. The number of hydrogen-bond donors (Lipinski definition) is 0. The molecule has 0 radical (unpaired) electrons. The molecule has 0 spiro atoms. The number of esters is 1. The molecular weight excluding hydrogens is 332 g/mol. The molecule has 2 aromatic carbocycles. The second-order valence-corrected chi connectivity index (χ2v) is 5.13. The summed E-state index contributed by atoms with van der Waals surface area (Å²) in [4.78, 5) is 11.7. The predicted molar refractivity (Wildman–Crippen MR) is 86.4 cm³/mol. The Balaban J connectivity index is 1.93. The molecule has 2 rings (SSSR count). The fourth-order valence-corrected chi connectivity index (χ4v) is 1.92. The van der Waals surface area contributed by atoms with Crippen molar-refractivity contribution in [3.63, 3.8) is 0 Å². The van der Waals surface area contributed by atoms with E-state index in [1.807, 2.05) is 43.3 Å². The molecule has 0 aromatic heterocycles. The molecule has 2 aromatic rings. The Morgan fingerprint density at radius 3 is 2.29 bits per heavy atom. The predicted octanol–water partition coefficient (Wildman–Crippen LogP) is 4.47. The molecule has 0 amide bonds. The van der Waals surface area contributed by atoms with Crippen LogP contribution in [0.3, 0.4) is 0 Å². The first kappa shape index (κ1) is 15.3. The van der Waals surface area contributed by atoms with Gasteiger partial charge in [0.2, 0.25) is 0 Å². The van der Waals surface area contributed by atoms with E-state index in [1.165, 1.54) is 6.08 Å². The molecule has 0 aliphatic rings. The fraction of sp³-hybridized carbons (Fsp3) is 0.118. The van der Waals surface area contributed by atoms with Gasteiger partial charge in [-0.05, 0) is 55.0 Å². The third-order valence-corrected chi connectivity index (χ3v) is 3.16. The highest BCUT2D eigenvalue weighted by molar-refractivity contribution is 9.10. The van der Waals surface area contributed by atoms with Crippen molar-refractivity contribution >= 4 is 28.0 Å². The molecule has 0 saturated heterocycles. The van der Waals surface area contributed by atoms with Crippen LogP contribution in [0.1, 0.15) is 12.5 Å². The average molecular weight is 347 g/mol. The number of benzene rings is 2. The molecule has 0 heterocycles. The Kier molecular flexibility index (Phi) is 5.58. The lowest BCUT2D eigenvalue weighted by atomic mass is 10.2. The molecule has 0 atom stereocenters. The number of ether oxygens (including phenoxy) is 2. The maximum atomic E-state index is 11.7. The van der Waals surface area contributed by atoms with Crippen molar-refractivity contribution < 1.29 is 14.3 Å². The van der Waals surface area contributed by atoms with Crippen LogP contribution in [-0.4, -0.2) is 12.6 Å². The minimum Gasteiger partial charge on any atom is -0.494 e. The van der Waals surface area contributed by atoms with E-state index in [-0.39, 0.29) is 0 Å². The molecule has 21 heavy (non-hydrogen) atoms. The van der Waals surface area contributed by atoms with Crippen LogP contribution < -0.4 is 9.47 Å². The summed E-state index contributed by atoms with van der Waals surface area (Å²) in [7, 11) is 0. The molecule has 3 nitrogen and oxygen atoms in total. The second-order valence-electron chi connectivity index (χ2n) is 4.21. The zero-order valence-corrected chi connectivity index (χ0v) is 13.2. The van der Waals surface area contributed by atoms with Gasteiger partial charge in [0.1, 0.15) is 11.5 Å². The zero-order chi connectivity index (χ0) is 15.1. The summed E-state index contributed by atoms with van der Waals surface area (Å²) in [6, 6.07) is 14.6. The summed E-state index contributed by atoms with van der Waals surface area (Å²) in [6.45, 7) is 2.57. The summed E-state index contributed by atoms with van der Waals surface area (Å²) in [6.07, 6.45) is 3.11. The maximum Gasteiger partial charge on any atom is 0.336 e. The quantitative estimate of drug-likeness (QED) is 0.455. The van der Waals surface area contributed by atoms with Crippen molar-refractivity contribution in [1.29, 1.82) is 0 Å². The van der Waals surface area contributed by atoms with Gasteiger partial charge in [-0.2, -0.15) is 0 Å². The number of carbonyl (C=O) groups excluding carboxylic acids is 1. The lowest BCUT2D eigenvalue weighted by Gasteiger charge is -2.02. The van der Waals surface area contributed by atoms with E-state index in [9.17, 15) is 4.79 Å². The standard InChI is InChI=1S/C17H15BrO3/c1-2-20-15-8-3-13(4-9-15)5-12-17(19)21-16-10-6-14(18)7-11-16/h3-12H,2H2,1H3. The van der Waals surface area contributed by atoms with Gasteiger partial charge >= 0.3 is 5.97 Å². The SMILES string of the molecule is CCOc1ccc(C=CC(=O)Oc2ccc(Br)cc2)cc1. The number of carbonyl (C=O) groups is 1. The van der Waals surface area contributed by atoms with E-state index in [1.54, 1.807) is 18.2 Å². The molecule has 108 valence electrons. The summed E-state index contributed by atoms with van der Waals surface area (Å²) in [5.41, 5.74) is 0.909. The zero-order valence-electron chi connectivity index (χ0n) is 11.6. The van der Waals surface area contributed by atoms with E-state index in [0.29, 0.717) is 12.4 Å². The van der Waals surface area contributed by atoms with Gasteiger partial charge in [-0.1, -0.05) is 28.1 Å². The summed E-state index contributed by atoms with van der Waals surface area (Å²) in [5, 5.41) is 0. The first-order chi connectivity index (χ1) is 10.2. The number of halogens is 1. The Hall–Kier alpha value is -2.07. The van der Waals surface area contributed by atoms with Crippen LogP contribution in [0.2, 0.25) is 0 Å². The van der Waals surface area contributed by atoms with E-state index in [0.717, 1.165) is 15.8 Å². The van der Waals surface area contributed by atoms with E-state index < -0.39 is 5.97 Å². The molecule has 0 unspecified atom stereocenters. The largest absolute Gasteiger partial charge is 0.494 e. The summed E-state index contributed by atoms with van der Waals surface area (Å²) in [5.74, 6) is 0.915. The van der Waals surface area contributed by atoms with Gasteiger partial charge in [-0.15, -0.1) is 0 Å². The third-order valence-electron chi connectivity index (χ3n) is 2.64. The molecular formula is C17H15BrO3. The van der Waals surface area contributed by atoms with Crippen molar-refractivity contribution in [1.82, 2.24) is 0 Å². The van der Waals surface area contributed by atoms with Gasteiger partial charge in [-0.25, -0.2) is 4.79 Å². The monoisotopic (exact) mass is 346 g/mol. The van der Waals surface area contributed by atoms with Gasteiger partial charge in [0.25, 0.3) is 0 Å². The fourth-order valence-electron chi connectivity index (χ4n) is 1.66. The first-order valence-electron chi connectivity index (χ1n) is 6.55. The third kappa shape index (κ3) is 5.08. The van der Waals surface area contributed by atoms with Gasteiger partial charge in [0.05, 0.1) is 6.61 Å². The minimum absolute atomic E-state index is 0.411. The lowest BCUT2D eigenvalue weighted by Crippen LogP contribution is -2.03. The van der Waals surface area contributed by atoms with Crippen molar-refractivity contribution in [2.45, 2.75) is 6.92 Å². The van der Waals surface area contributed by atoms with Crippen LogP contribution in [0, 0.1) is 0 Å². The maximum absolute atomic E-state index is 11.7. The summed E-state index contributed by atoms with van der Waals surface area (Å²) < 4.78 is 11.5. The van der Waals surface area contributed by atoms with Crippen molar-refractivity contribution in [2.24, 2.45) is 0 Å². The van der Waals surface area contributed by atoms with Crippen molar-refractivity contribution in [3.05, 3.63) is 64.6 Å². The number of rotatable bonds is 5. The highest BCUT2D eigenvalue weighted by Crippen LogP contribution is 2.17. The molecule has 0 aliphatic heterocycles. The molecule has 0 N–H and O–H groups in total. The normalized spacial score (nSPS) is 10.6. The van der Waals surface area contributed by atoms with Crippen molar-refractivity contribution in [2.75, 3.05) is 6.61 Å². The van der Waals surface area contributed by atoms with Crippen LogP contribution in [0.4, 0.5) is 0 Å². The van der Waals surface area contributed by atoms with Crippen LogP contribution in [0.15, 0.2) is 59.1 Å². The molecule has 0 fully saturated rings. The molecule has 0 saturated carbocycles. The molecule has 0 aliphatic carbocycles. The van der Waals surface area contributed by atoms with Gasteiger partial charge < -0.3 is 9.47 Å². The van der Waals surface area contributed by atoms with Crippen molar-refractivity contribution in [3.8, 4) is 11.5 Å². The molecule has 0 bridgehead atoms. The Morgan fingerprint density at radius 2 is 1.67 bits per heavy atom. The first-order valence-corrected chi connectivity index (χ1v) is 7.35. The minimum atomic E-state index is -0.411. The second kappa shape index (κ2) is 7.64. The van der Waals surface area contributed by atoms with Gasteiger partial charge in [0, 0.05) is 10.5 Å². The van der Waals surface area contributed by atoms with Crippen LogP contribution in [-0.2, 0) is 4.79 Å². The van der Waals surface area contributed by atoms with E-state index in [4.69, 9.17) is 9.47 Å². The van der Waals surface area contributed by atoms with Crippen LogP contribution in [0.25, 0.3) is 6.08 Å². The lowest BCUT2D eigenvalue weighted by molar-refractivity contribution is -0.128. The molecule has 4 heteroatoms.